The van der Waals surface area contributed by atoms with Crippen LogP contribution >= 0.6 is 11.3 Å². The van der Waals surface area contributed by atoms with Crippen molar-refractivity contribution < 1.29 is 9.59 Å². The maximum absolute atomic E-state index is 12.9. The van der Waals surface area contributed by atoms with Crippen molar-refractivity contribution in [3.63, 3.8) is 0 Å². The van der Waals surface area contributed by atoms with Gasteiger partial charge >= 0.3 is 0 Å². The molecule has 41 heavy (non-hydrogen) atoms. The third kappa shape index (κ3) is 6.08. The van der Waals surface area contributed by atoms with Gasteiger partial charge in [-0.2, -0.15) is 5.10 Å². The summed E-state index contributed by atoms with van der Waals surface area (Å²) >= 11 is 1.37. The Balaban J connectivity index is 1.17. The number of hydrogen-bond acceptors (Lipinski definition) is 5. The van der Waals surface area contributed by atoms with Crippen molar-refractivity contribution in [2.75, 3.05) is 10.3 Å². The van der Waals surface area contributed by atoms with Crippen molar-refractivity contribution in [1.29, 1.82) is 0 Å². The summed E-state index contributed by atoms with van der Waals surface area (Å²) in [5.41, 5.74) is 6.39. The molecule has 0 fully saturated rings. The summed E-state index contributed by atoms with van der Waals surface area (Å²) in [5.74, 6) is -0.324. The second kappa shape index (κ2) is 12.0. The number of nitrogens with one attached hydrogen (secondary N) is 1. The van der Waals surface area contributed by atoms with Gasteiger partial charge in [0, 0.05) is 17.7 Å². The lowest BCUT2D eigenvalue weighted by Gasteiger charge is -2.24. The van der Waals surface area contributed by atoms with E-state index in [0.29, 0.717) is 16.1 Å². The first kappa shape index (κ1) is 26.2. The Labute approximate surface area is 243 Å². The van der Waals surface area contributed by atoms with Gasteiger partial charge in [0.25, 0.3) is 5.91 Å². The number of nitrogens with zero attached hydrogens (tertiary/aromatic N) is 2. The third-order valence-electron chi connectivity index (χ3n) is 6.94. The van der Waals surface area contributed by atoms with Gasteiger partial charge in [-0.1, -0.05) is 97.1 Å². The van der Waals surface area contributed by atoms with E-state index in [9.17, 15) is 9.59 Å². The predicted octanol–water partition coefficient (Wildman–Crippen LogP) is 8.25. The van der Waals surface area contributed by atoms with Crippen LogP contribution < -0.4 is 10.3 Å². The Kier molecular flexibility index (Phi) is 7.65. The van der Waals surface area contributed by atoms with Gasteiger partial charge in [-0.25, -0.2) is 0 Å². The van der Waals surface area contributed by atoms with Crippen LogP contribution in [0.3, 0.4) is 0 Å². The molecular formula is C35H27N3O2S. The van der Waals surface area contributed by atoms with Crippen LogP contribution in [0.15, 0.2) is 138 Å². The molecule has 0 saturated carbocycles. The fourth-order valence-electron chi connectivity index (χ4n) is 4.85. The molecule has 1 amide bonds. The molecule has 4 aromatic carbocycles. The van der Waals surface area contributed by atoms with Gasteiger partial charge in [0.05, 0.1) is 22.3 Å². The predicted molar refractivity (Wildman–Crippen MR) is 168 cm³/mol. The van der Waals surface area contributed by atoms with Gasteiger partial charge < -0.3 is 5.32 Å². The monoisotopic (exact) mass is 553 g/mol. The van der Waals surface area contributed by atoms with Crippen molar-refractivity contribution in [2.45, 2.75) is 12.5 Å². The molecule has 1 unspecified atom stereocenters. The minimum Gasteiger partial charge on any atom is -0.321 e. The van der Waals surface area contributed by atoms with Gasteiger partial charge in [-0.3, -0.25) is 14.6 Å². The van der Waals surface area contributed by atoms with E-state index in [1.165, 1.54) is 16.9 Å². The normalized spacial score (nSPS) is 14.7. The number of benzene rings is 4. The van der Waals surface area contributed by atoms with Crippen LogP contribution in [-0.2, 0) is 0 Å². The first-order valence-corrected chi connectivity index (χ1v) is 14.3. The molecule has 0 aliphatic carbocycles. The van der Waals surface area contributed by atoms with Crippen molar-refractivity contribution in [3.05, 3.63) is 160 Å². The summed E-state index contributed by atoms with van der Waals surface area (Å²) in [6, 6.07) is 39.5. The number of hydrazone groups is 1. The maximum Gasteiger partial charge on any atom is 0.265 e. The zero-order chi connectivity index (χ0) is 28.0. The molecule has 6 heteroatoms. The molecule has 0 radical (unpaired) electrons. The highest BCUT2D eigenvalue weighted by Crippen LogP contribution is 2.36. The van der Waals surface area contributed by atoms with Crippen LogP contribution in [0.25, 0.3) is 6.08 Å². The highest BCUT2D eigenvalue weighted by molar-refractivity contribution is 7.12. The quantitative estimate of drug-likeness (QED) is 0.155. The van der Waals surface area contributed by atoms with Gasteiger partial charge in [-0.15, -0.1) is 11.3 Å². The second-order valence-corrected chi connectivity index (χ2v) is 10.6. The average Bonchev–Trinajstić information content (AvgIpc) is 3.73. The Morgan fingerprint density at radius 3 is 2.32 bits per heavy atom. The van der Waals surface area contributed by atoms with Gasteiger partial charge in [0.1, 0.15) is 0 Å². The van der Waals surface area contributed by atoms with Crippen LogP contribution in [-0.4, -0.2) is 17.4 Å². The van der Waals surface area contributed by atoms with Crippen LogP contribution in [0.2, 0.25) is 0 Å². The molecular weight excluding hydrogens is 526 g/mol. The molecule has 1 aliphatic heterocycles. The summed E-state index contributed by atoms with van der Waals surface area (Å²) in [7, 11) is 0. The third-order valence-corrected chi connectivity index (χ3v) is 7.81. The van der Waals surface area contributed by atoms with Gasteiger partial charge in [0.2, 0.25) is 0 Å². The van der Waals surface area contributed by atoms with E-state index in [-0.39, 0.29) is 17.7 Å². The number of carbonyl (C=O) groups is 2. The number of anilines is 2. The number of ketones is 1. The average molecular weight is 554 g/mol. The Morgan fingerprint density at radius 1 is 0.829 bits per heavy atom. The molecule has 1 aliphatic rings. The second-order valence-electron chi connectivity index (χ2n) is 9.69. The highest BCUT2D eigenvalue weighted by atomic mass is 32.1. The van der Waals surface area contributed by atoms with Crippen molar-refractivity contribution in [2.24, 2.45) is 5.10 Å². The molecule has 2 heterocycles. The number of allylic oxidation sites excluding steroid dienone is 1. The van der Waals surface area contributed by atoms with Crippen LogP contribution in [0.5, 0.6) is 0 Å². The van der Waals surface area contributed by atoms with E-state index in [1.54, 1.807) is 42.5 Å². The van der Waals surface area contributed by atoms with Crippen LogP contribution in [0.4, 0.5) is 11.4 Å². The summed E-state index contributed by atoms with van der Waals surface area (Å²) in [6.07, 6.45) is 4.18. The maximum atomic E-state index is 12.9. The lowest BCUT2D eigenvalue weighted by molar-refractivity contribution is 0.102. The summed E-state index contributed by atoms with van der Waals surface area (Å²) in [5, 5.41) is 11.8. The number of thiophene rings is 1. The Morgan fingerprint density at radius 2 is 1.59 bits per heavy atom. The minimum atomic E-state index is -0.187. The zero-order valence-electron chi connectivity index (χ0n) is 22.2. The molecule has 200 valence electrons. The Hall–Kier alpha value is -5.07. The SMILES string of the molecule is O=C(/C=C/c1ccc(N2N=C(c3ccccc3)CC2c2ccccc2)cc1)c1cccc(NC(=O)c2cccs2)c1. The smallest absolute Gasteiger partial charge is 0.265 e. The van der Waals surface area contributed by atoms with Crippen molar-refractivity contribution >= 4 is 46.2 Å². The molecule has 0 spiro atoms. The lowest BCUT2D eigenvalue weighted by atomic mass is 9.98. The van der Waals surface area contributed by atoms with Crippen molar-refractivity contribution in [3.8, 4) is 0 Å². The number of hydrogen-bond donors (Lipinski definition) is 1. The minimum absolute atomic E-state index is 0.0990. The van der Waals surface area contributed by atoms with Gasteiger partial charge in [-0.05, 0) is 58.5 Å². The summed E-state index contributed by atoms with van der Waals surface area (Å²) in [4.78, 5) is 25.9. The standard InChI is InChI=1S/C35H27N3O2S/c39-33(28-13-7-14-29(23-28)36-35(40)34-15-8-22-41-34)21-18-25-16-19-30(20-17-25)38-32(27-11-5-2-6-12-27)24-31(37-38)26-9-3-1-4-10-26/h1-23,32H,24H2,(H,36,40)/b21-18+. The van der Waals surface area contributed by atoms with E-state index in [0.717, 1.165) is 28.9 Å². The fourth-order valence-corrected chi connectivity index (χ4v) is 5.46. The molecule has 6 rings (SSSR count). The van der Waals surface area contributed by atoms with E-state index < -0.39 is 0 Å². The number of rotatable bonds is 8. The molecule has 0 bridgehead atoms. The van der Waals surface area contributed by atoms with E-state index in [4.69, 9.17) is 5.10 Å². The molecule has 1 N–H and O–H groups in total. The first-order valence-electron chi connectivity index (χ1n) is 13.4. The largest absolute Gasteiger partial charge is 0.321 e. The molecule has 5 aromatic rings. The van der Waals surface area contributed by atoms with E-state index in [1.807, 2.05) is 60.0 Å². The summed E-state index contributed by atoms with van der Waals surface area (Å²) < 4.78 is 0. The molecule has 1 atom stereocenters. The lowest BCUT2D eigenvalue weighted by Crippen LogP contribution is -2.18. The number of carbonyl (C=O) groups excluding carboxylic acids is 2. The summed E-state index contributed by atoms with van der Waals surface area (Å²) in [6.45, 7) is 0. The van der Waals surface area contributed by atoms with Crippen LogP contribution in [0, 0.1) is 0 Å². The molecule has 0 saturated heterocycles. The van der Waals surface area contributed by atoms with Crippen LogP contribution in [0.1, 0.15) is 49.2 Å². The first-order chi connectivity index (χ1) is 20.1. The molecule has 1 aromatic heterocycles. The molecule has 5 nitrogen and oxygen atoms in total. The Bertz CT molecular complexity index is 1710. The van der Waals surface area contributed by atoms with Gasteiger partial charge in [0.15, 0.2) is 5.78 Å². The van der Waals surface area contributed by atoms with E-state index >= 15 is 0 Å². The highest BCUT2D eigenvalue weighted by Gasteiger charge is 2.29. The zero-order valence-corrected chi connectivity index (χ0v) is 23.0. The van der Waals surface area contributed by atoms with E-state index in [2.05, 4.69) is 46.7 Å². The fraction of sp³-hybridized carbons (Fsp3) is 0.0571. The van der Waals surface area contributed by atoms with Crippen molar-refractivity contribution in [1.82, 2.24) is 0 Å². The number of amides is 1. The topological polar surface area (TPSA) is 61.8 Å².